The maximum Gasteiger partial charge on any atom is 0.261 e. The lowest BCUT2D eigenvalue weighted by atomic mass is 10.0. The van der Waals surface area contributed by atoms with Crippen LogP contribution in [0.3, 0.4) is 0 Å². The summed E-state index contributed by atoms with van der Waals surface area (Å²) in [5.74, 6) is -1.46. The van der Waals surface area contributed by atoms with Crippen LogP contribution in [0.1, 0.15) is 33.3 Å². The predicted octanol–water partition coefficient (Wildman–Crippen LogP) is 5.55. The Hall–Kier alpha value is -3.68. The summed E-state index contributed by atoms with van der Waals surface area (Å²) in [5, 5.41) is 10.9. The van der Waals surface area contributed by atoms with Crippen LogP contribution < -0.4 is 21.3 Å². The number of anilines is 2. The Balaban J connectivity index is 0.00000176. The quantitative estimate of drug-likeness (QED) is 0.345. The zero-order valence-electron chi connectivity index (χ0n) is 18.8. The molecule has 0 aliphatic carbocycles. The molecule has 0 amide bonds. The number of halogens is 2. The number of nitrogens with zero attached hydrogens (tertiary/aromatic N) is 1. The van der Waals surface area contributed by atoms with Crippen LogP contribution in [-0.4, -0.2) is 16.8 Å². The zero-order valence-corrected chi connectivity index (χ0v) is 18.8. The molecule has 0 radical (unpaired) electrons. The molecule has 6 nitrogen and oxygen atoms in total. The van der Waals surface area contributed by atoms with Crippen molar-refractivity contribution in [1.29, 1.82) is 5.41 Å². The highest BCUT2D eigenvalue weighted by Crippen LogP contribution is 2.39. The number of nitrogen functional groups attached to an aromatic ring is 1. The van der Waals surface area contributed by atoms with Gasteiger partial charge in [0, 0.05) is 48.4 Å². The number of pyridine rings is 1. The van der Waals surface area contributed by atoms with Gasteiger partial charge >= 0.3 is 0 Å². The summed E-state index contributed by atoms with van der Waals surface area (Å²) in [6.45, 7) is 7.80. The Kier molecular flexibility index (Phi) is 8.12. The zero-order chi connectivity index (χ0) is 24.0. The number of benzene rings is 2. The highest BCUT2D eigenvalue weighted by Gasteiger charge is 2.19. The van der Waals surface area contributed by atoms with Crippen molar-refractivity contribution in [2.45, 2.75) is 33.7 Å². The van der Waals surface area contributed by atoms with E-state index in [1.807, 2.05) is 27.7 Å². The van der Waals surface area contributed by atoms with Gasteiger partial charge in [-0.3, -0.25) is 4.79 Å². The molecule has 8 heteroatoms. The van der Waals surface area contributed by atoms with Crippen molar-refractivity contribution in [2.75, 3.05) is 11.1 Å². The van der Waals surface area contributed by atoms with E-state index in [2.05, 4.69) is 5.32 Å². The molecule has 1 aromatic heterocycles. The van der Waals surface area contributed by atoms with Crippen LogP contribution in [0.4, 0.5) is 20.2 Å². The summed E-state index contributed by atoms with van der Waals surface area (Å²) in [6, 6.07) is 7.79. The molecule has 3 rings (SSSR count). The van der Waals surface area contributed by atoms with Gasteiger partial charge in [0.05, 0.1) is 11.3 Å². The first-order valence-corrected chi connectivity index (χ1v) is 10.2. The summed E-state index contributed by atoms with van der Waals surface area (Å²) in [4.78, 5) is 12.5. The van der Waals surface area contributed by atoms with E-state index in [4.69, 9.17) is 15.9 Å². The average Bonchev–Trinajstić information content (AvgIpc) is 2.75. The summed E-state index contributed by atoms with van der Waals surface area (Å²) in [6.07, 6.45) is 2.59. The van der Waals surface area contributed by atoms with Crippen LogP contribution in [0.2, 0.25) is 0 Å². The Morgan fingerprint density at radius 3 is 2.34 bits per heavy atom. The number of aromatic nitrogens is 1. The van der Waals surface area contributed by atoms with Crippen LogP contribution in [0.25, 0.3) is 11.1 Å². The molecule has 4 N–H and O–H groups in total. The lowest BCUT2D eigenvalue weighted by Gasteiger charge is -2.20. The van der Waals surface area contributed by atoms with E-state index >= 15 is 0 Å². The second-order valence-corrected chi connectivity index (χ2v) is 7.12. The van der Waals surface area contributed by atoms with Crippen LogP contribution in [0, 0.1) is 17.0 Å². The lowest BCUT2D eigenvalue weighted by molar-refractivity contribution is 0.439. The molecule has 2 aromatic carbocycles. The molecule has 0 saturated carbocycles. The van der Waals surface area contributed by atoms with Crippen molar-refractivity contribution in [3.8, 4) is 22.6 Å². The third kappa shape index (κ3) is 5.32. The first-order chi connectivity index (χ1) is 15.2. The summed E-state index contributed by atoms with van der Waals surface area (Å²) >= 11 is 0. The normalized spacial score (nSPS) is 10.4. The lowest BCUT2D eigenvalue weighted by Crippen LogP contribution is -2.25. The van der Waals surface area contributed by atoms with Crippen molar-refractivity contribution in [2.24, 2.45) is 7.05 Å². The summed E-state index contributed by atoms with van der Waals surface area (Å²) in [5.41, 5.74) is 7.72. The highest BCUT2D eigenvalue weighted by molar-refractivity contribution is 5.94. The van der Waals surface area contributed by atoms with Crippen LogP contribution >= 0.6 is 0 Å². The molecule has 0 saturated heterocycles. The van der Waals surface area contributed by atoms with Crippen LogP contribution in [0.5, 0.6) is 11.5 Å². The van der Waals surface area contributed by atoms with Gasteiger partial charge < -0.3 is 25.8 Å². The summed E-state index contributed by atoms with van der Waals surface area (Å²) in [7, 11) is 1.57. The fraction of sp³-hybridized carbons (Fsp3) is 0.250. The first-order valence-electron chi connectivity index (χ1n) is 10.2. The number of nitrogens with one attached hydrogen (secondary N) is 2. The van der Waals surface area contributed by atoms with Gasteiger partial charge in [0.2, 0.25) is 0 Å². The van der Waals surface area contributed by atoms with Gasteiger partial charge in [0.1, 0.15) is 11.6 Å². The average molecular weight is 443 g/mol. The monoisotopic (exact) mass is 442 g/mol. The molecule has 170 valence electrons. The molecule has 0 aliphatic heterocycles. The predicted molar refractivity (Wildman–Crippen MR) is 126 cm³/mol. The molecule has 0 fully saturated rings. The SMILES string of the molecule is CC.CC(C)Nc1c(-c2cc(N)ccc2Oc2ccc(F)cc2F)cn(C)c(=O)c1C=N. The van der Waals surface area contributed by atoms with Crippen LogP contribution in [-0.2, 0) is 7.05 Å². The Labute approximate surface area is 186 Å². The molecular weight excluding hydrogens is 414 g/mol. The van der Waals surface area contributed by atoms with Crippen molar-refractivity contribution in [3.63, 3.8) is 0 Å². The number of nitrogens with two attached hydrogens (primary N) is 1. The van der Waals surface area contributed by atoms with E-state index in [0.29, 0.717) is 22.5 Å². The van der Waals surface area contributed by atoms with Gasteiger partial charge in [-0.25, -0.2) is 8.78 Å². The highest BCUT2D eigenvalue weighted by atomic mass is 19.1. The van der Waals surface area contributed by atoms with E-state index < -0.39 is 11.6 Å². The molecule has 0 aliphatic rings. The topological polar surface area (TPSA) is 93.1 Å². The van der Waals surface area contributed by atoms with E-state index in [9.17, 15) is 13.6 Å². The van der Waals surface area contributed by atoms with Crippen molar-refractivity contribution in [1.82, 2.24) is 4.57 Å². The Bertz CT molecular complexity index is 1170. The van der Waals surface area contributed by atoms with E-state index in [0.717, 1.165) is 18.3 Å². The maximum absolute atomic E-state index is 14.2. The fourth-order valence-corrected chi connectivity index (χ4v) is 3.06. The minimum atomic E-state index is -0.848. The molecule has 0 unspecified atom stereocenters. The molecule has 0 bridgehead atoms. The smallest absolute Gasteiger partial charge is 0.261 e. The van der Waals surface area contributed by atoms with Crippen molar-refractivity contribution >= 4 is 17.6 Å². The summed E-state index contributed by atoms with van der Waals surface area (Å²) < 4.78 is 34.5. The molecule has 1 heterocycles. The third-order valence-corrected chi connectivity index (χ3v) is 4.40. The minimum absolute atomic E-state index is 0.0328. The largest absolute Gasteiger partial charge is 0.454 e. The second-order valence-electron chi connectivity index (χ2n) is 7.12. The fourth-order valence-electron chi connectivity index (χ4n) is 3.06. The molecule has 3 aromatic rings. The van der Waals surface area contributed by atoms with E-state index in [1.54, 1.807) is 31.4 Å². The molecular formula is C24H28F2N4O2. The van der Waals surface area contributed by atoms with Gasteiger partial charge in [-0.15, -0.1) is 0 Å². The van der Waals surface area contributed by atoms with Gasteiger partial charge in [-0.2, -0.15) is 0 Å². The van der Waals surface area contributed by atoms with E-state index in [-0.39, 0.29) is 28.7 Å². The standard InChI is InChI=1S/C22H22F2N4O2.C2H6/c1-12(2)27-21-16(10-25)22(29)28(3)11-17(21)15-9-14(26)5-7-19(15)30-20-6-4-13(23)8-18(20)24;1-2/h4-12,25,27H,26H2,1-3H3;1-2H3. The third-order valence-electron chi connectivity index (χ3n) is 4.40. The van der Waals surface area contributed by atoms with E-state index in [1.165, 1.54) is 10.6 Å². The number of aryl methyl sites for hydroxylation is 1. The van der Waals surface area contributed by atoms with Gasteiger partial charge in [0.15, 0.2) is 11.6 Å². The second kappa shape index (κ2) is 10.6. The maximum atomic E-state index is 14.2. The first kappa shape index (κ1) is 24.6. The number of hydrogen-bond acceptors (Lipinski definition) is 5. The Morgan fingerprint density at radius 1 is 1.09 bits per heavy atom. The number of hydrogen-bond donors (Lipinski definition) is 3. The van der Waals surface area contributed by atoms with Crippen LogP contribution in [0.15, 0.2) is 47.4 Å². The van der Waals surface area contributed by atoms with Crippen molar-refractivity contribution < 1.29 is 13.5 Å². The number of rotatable bonds is 6. The molecule has 0 spiro atoms. The van der Waals surface area contributed by atoms with Gasteiger partial charge in [-0.05, 0) is 44.2 Å². The van der Waals surface area contributed by atoms with Gasteiger partial charge in [0.25, 0.3) is 5.56 Å². The van der Waals surface area contributed by atoms with Gasteiger partial charge in [-0.1, -0.05) is 13.8 Å². The molecule has 32 heavy (non-hydrogen) atoms. The van der Waals surface area contributed by atoms with Crippen molar-refractivity contribution in [3.05, 3.63) is 70.1 Å². The number of ether oxygens (including phenoxy) is 1. The minimum Gasteiger partial charge on any atom is -0.454 e. The Morgan fingerprint density at radius 2 is 1.75 bits per heavy atom. The molecule has 0 atom stereocenters.